The number of aryl methyl sites for hydroxylation is 1. The SMILES string of the molecule is Cn1c(-c2[c-]cccc2)nc2ccccc21.[Pt].[c-]1ccccc1-n1c2[c-]cccc2c2ccccc21. The van der Waals surface area contributed by atoms with Gasteiger partial charge in [0.05, 0.1) is 16.9 Å². The van der Waals surface area contributed by atoms with Crippen molar-refractivity contribution >= 4 is 32.8 Å². The zero-order chi connectivity index (χ0) is 23.6. The van der Waals surface area contributed by atoms with Crippen molar-refractivity contribution in [1.29, 1.82) is 0 Å². The zero-order valence-electron chi connectivity index (χ0n) is 19.6. The second kappa shape index (κ2) is 10.4. The summed E-state index contributed by atoms with van der Waals surface area (Å²) >= 11 is 0. The normalized spacial score (nSPS) is 10.7. The van der Waals surface area contributed by atoms with Gasteiger partial charge < -0.3 is 9.13 Å². The predicted molar refractivity (Wildman–Crippen MR) is 143 cm³/mol. The summed E-state index contributed by atoms with van der Waals surface area (Å²) in [5, 5.41) is 2.49. The van der Waals surface area contributed by atoms with Crippen LogP contribution in [0.2, 0.25) is 0 Å². The molecule has 4 heteroatoms. The minimum atomic E-state index is 0. The Bertz CT molecular complexity index is 1700. The molecule has 36 heavy (non-hydrogen) atoms. The maximum absolute atomic E-state index is 4.61. The molecule has 2 heterocycles. The fraction of sp³-hybridized carbons (Fsp3) is 0.0312. The third-order valence-corrected chi connectivity index (χ3v) is 6.16. The van der Waals surface area contributed by atoms with E-state index >= 15 is 0 Å². The first kappa shape index (κ1) is 23.8. The minimum absolute atomic E-state index is 0. The van der Waals surface area contributed by atoms with E-state index in [1.54, 1.807) is 0 Å². The van der Waals surface area contributed by atoms with Gasteiger partial charge in [-0.3, -0.25) is 4.98 Å². The van der Waals surface area contributed by atoms with Crippen LogP contribution in [0.1, 0.15) is 0 Å². The molecular formula is C32H22N3Pt-3. The first-order valence-corrected chi connectivity index (χ1v) is 11.6. The van der Waals surface area contributed by atoms with Crippen LogP contribution in [0.3, 0.4) is 0 Å². The molecule has 0 fully saturated rings. The average molecular weight is 644 g/mol. The smallest absolute Gasteiger partial charge is 0.0770 e. The van der Waals surface area contributed by atoms with Crippen LogP contribution >= 0.6 is 0 Å². The fourth-order valence-corrected chi connectivity index (χ4v) is 4.54. The van der Waals surface area contributed by atoms with E-state index in [2.05, 4.69) is 74.8 Å². The van der Waals surface area contributed by atoms with Gasteiger partial charge in [0, 0.05) is 33.6 Å². The molecule has 178 valence electrons. The largest absolute Gasteiger partial charge is 0.367 e. The molecule has 0 amide bonds. The molecule has 0 aliphatic carbocycles. The molecule has 0 saturated heterocycles. The van der Waals surface area contributed by atoms with Crippen LogP contribution in [0.25, 0.3) is 49.9 Å². The van der Waals surface area contributed by atoms with Crippen LogP contribution in [0.4, 0.5) is 0 Å². The van der Waals surface area contributed by atoms with Crippen LogP contribution in [0, 0.1) is 18.2 Å². The second-order valence-electron chi connectivity index (χ2n) is 8.29. The van der Waals surface area contributed by atoms with Gasteiger partial charge in [-0.05, 0) is 23.6 Å². The third kappa shape index (κ3) is 4.27. The van der Waals surface area contributed by atoms with Crippen LogP contribution in [0.5, 0.6) is 0 Å². The molecule has 2 aromatic heterocycles. The molecule has 5 aromatic carbocycles. The Labute approximate surface area is 224 Å². The Hall–Kier alpha value is -3.94. The van der Waals surface area contributed by atoms with Crippen LogP contribution in [-0.4, -0.2) is 14.1 Å². The Balaban J connectivity index is 0.000000146. The summed E-state index contributed by atoms with van der Waals surface area (Å²) in [5.41, 5.74) is 6.55. The maximum Gasteiger partial charge on any atom is 0.0770 e. The zero-order valence-corrected chi connectivity index (χ0v) is 21.9. The molecule has 0 aliphatic rings. The van der Waals surface area contributed by atoms with Crippen molar-refractivity contribution < 1.29 is 21.1 Å². The number of hydrogen-bond acceptors (Lipinski definition) is 1. The average Bonchev–Trinajstić information content (AvgIpc) is 3.45. The van der Waals surface area contributed by atoms with E-state index in [1.807, 2.05) is 79.8 Å². The minimum Gasteiger partial charge on any atom is -0.367 e. The summed E-state index contributed by atoms with van der Waals surface area (Å²) in [6, 6.07) is 48.5. The number of hydrogen-bond donors (Lipinski definition) is 0. The predicted octanol–water partition coefficient (Wildman–Crippen LogP) is 7.42. The third-order valence-electron chi connectivity index (χ3n) is 6.16. The molecule has 3 nitrogen and oxygen atoms in total. The Morgan fingerprint density at radius 1 is 0.611 bits per heavy atom. The Kier molecular flexibility index (Phi) is 6.84. The number of benzene rings is 5. The second-order valence-corrected chi connectivity index (χ2v) is 8.29. The first-order valence-electron chi connectivity index (χ1n) is 11.6. The summed E-state index contributed by atoms with van der Waals surface area (Å²) in [6.45, 7) is 0. The van der Waals surface area contributed by atoms with E-state index in [1.165, 1.54) is 16.3 Å². The fourth-order valence-electron chi connectivity index (χ4n) is 4.54. The van der Waals surface area contributed by atoms with Crippen molar-refractivity contribution in [1.82, 2.24) is 14.1 Å². The number of rotatable bonds is 2. The number of aromatic nitrogens is 3. The van der Waals surface area contributed by atoms with Gasteiger partial charge in [-0.15, -0.1) is 47.3 Å². The van der Waals surface area contributed by atoms with Gasteiger partial charge in [0.15, 0.2) is 0 Å². The van der Waals surface area contributed by atoms with Gasteiger partial charge in [0.25, 0.3) is 0 Å². The molecule has 0 bridgehead atoms. The molecule has 0 radical (unpaired) electrons. The molecule has 7 rings (SSSR count). The van der Waals surface area contributed by atoms with Crippen molar-refractivity contribution in [2.75, 3.05) is 0 Å². The van der Waals surface area contributed by atoms with Crippen molar-refractivity contribution in [3.8, 4) is 17.1 Å². The summed E-state index contributed by atoms with van der Waals surface area (Å²) in [7, 11) is 2.03. The molecule has 0 aliphatic heterocycles. The molecule has 7 aromatic rings. The van der Waals surface area contributed by atoms with Crippen molar-refractivity contribution in [2.45, 2.75) is 0 Å². The van der Waals surface area contributed by atoms with Gasteiger partial charge in [-0.25, -0.2) is 0 Å². The first-order chi connectivity index (χ1) is 17.3. The van der Waals surface area contributed by atoms with Crippen molar-refractivity contribution in [2.24, 2.45) is 7.05 Å². The maximum atomic E-state index is 4.61. The van der Waals surface area contributed by atoms with E-state index in [0.717, 1.165) is 33.6 Å². The van der Waals surface area contributed by atoms with Crippen molar-refractivity contribution in [3.05, 3.63) is 133 Å². The van der Waals surface area contributed by atoms with Gasteiger partial charge >= 0.3 is 0 Å². The van der Waals surface area contributed by atoms with Crippen LogP contribution in [0.15, 0.2) is 115 Å². The molecule has 0 unspecified atom stereocenters. The standard InChI is InChI=1S/C18H11N.C14H11N2.Pt/c1-2-8-14(9-3-1)19-17-12-6-4-10-15(17)16-11-5-7-13-18(16)19;1-16-13-10-6-5-9-12(13)15-14(16)11-7-3-2-4-8-11;/h1-8,10-12H;2-7,9-10H,1H3;/q-2;-1;. The van der Waals surface area contributed by atoms with Gasteiger partial charge in [0.2, 0.25) is 0 Å². The quantitative estimate of drug-likeness (QED) is 0.180. The van der Waals surface area contributed by atoms with Crippen LogP contribution < -0.4 is 0 Å². The molecule has 0 saturated carbocycles. The van der Waals surface area contributed by atoms with Crippen molar-refractivity contribution in [3.63, 3.8) is 0 Å². The summed E-state index contributed by atoms with van der Waals surface area (Å²) in [5.74, 6) is 0.960. The number of para-hydroxylation sites is 5. The number of imidazole rings is 1. The Morgan fingerprint density at radius 3 is 2.03 bits per heavy atom. The topological polar surface area (TPSA) is 22.8 Å². The Morgan fingerprint density at radius 2 is 1.28 bits per heavy atom. The summed E-state index contributed by atoms with van der Waals surface area (Å²) in [6.07, 6.45) is 0. The number of nitrogens with zero attached hydrogens (tertiary/aromatic N) is 3. The summed E-state index contributed by atoms with van der Waals surface area (Å²) in [4.78, 5) is 4.61. The molecule has 0 atom stereocenters. The van der Waals surface area contributed by atoms with Gasteiger partial charge in [-0.1, -0.05) is 41.5 Å². The van der Waals surface area contributed by atoms with Gasteiger partial charge in [-0.2, -0.15) is 48.5 Å². The molecule has 0 N–H and O–H groups in total. The monoisotopic (exact) mass is 643 g/mol. The van der Waals surface area contributed by atoms with E-state index in [-0.39, 0.29) is 21.1 Å². The van der Waals surface area contributed by atoms with E-state index in [9.17, 15) is 0 Å². The van der Waals surface area contributed by atoms with E-state index < -0.39 is 0 Å². The van der Waals surface area contributed by atoms with Gasteiger partial charge in [0.1, 0.15) is 0 Å². The summed E-state index contributed by atoms with van der Waals surface area (Å²) < 4.78 is 4.31. The molecule has 0 spiro atoms. The van der Waals surface area contributed by atoms with E-state index in [4.69, 9.17) is 0 Å². The van der Waals surface area contributed by atoms with Crippen LogP contribution in [-0.2, 0) is 28.1 Å². The molecular weight excluding hydrogens is 621 g/mol. The number of fused-ring (bicyclic) bond motifs is 4. The van der Waals surface area contributed by atoms with E-state index in [0.29, 0.717) is 0 Å².